The Balaban J connectivity index is 0.00000182. The Labute approximate surface area is 172 Å². The van der Waals surface area contributed by atoms with Gasteiger partial charge in [-0.05, 0) is 48.6 Å². The Kier molecular flexibility index (Phi) is 10.1. The number of hydrogen-bond acceptors (Lipinski definition) is 4. The molecule has 1 fully saturated rings. The third kappa shape index (κ3) is 7.37. The van der Waals surface area contributed by atoms with Gasteiger partial charge in [-0.1, -0.05) is 24.6 Å². The molecule has 0 unspecified atom stereocenters. The first-order valence-corrected chi connectivity index (χ1v) is 8.84. The number of ether oxygens (including phenoxy) is 1. The molecule has 0 saturated heterocycles. The molecule has 2 atom stereocenters. The fraction of sp³-hybridized carbons (Fsp3) is 0.400. The van der Waals surface area contributed by atoms with E-state index in [1.54, 1.807) is 6.20 Å². The van der Waals surface area contributed by atoms with Crippen LogP contribution in [0, 0.1) is 5.92 Å². The lowest BCUT2D eigenvalue weighted by molar-refractivity contribution is -0.122. The van der Waals surface area contributed by atoms with Crippen molar-refractivity contribution in [2.24, 2.45) is 11.7 Å². The van der Waals surface area contributed by atoms with Crippen LogP contribution in [0.15, 0.2) is 48.7 Å². The van der Waals surface area contributed by atoms with E-state index in [1.807, 2.05) is 42.5 Å². The van der Waals surface area contributed by atoms with Gasteiger partial charge in [0.2, 0.25) is 5.91 Å². The Hall–Kier alpha value is -1.82. The molecule has 0 bridgehead atoms. The van der Waals surface area contributed by atoms with Crippen LogP contribution in [0.5, 0.6) is 5.75 Å². The van der Waals surface area contributed by atoms with Gasteiger partial charge in [-0.15, -0.1) is 24.8 Å². The van der Waals surface area contributed by atoms with Crippen molar-refractivity contribution in [3.05, 3.63) is 59.9 Å². The smallest absolute Gasteiger partial charge is 0.220 e. The Morgan fingerprint density at radius 3 is 2.56 bits per heavy atom. The van der Waals surface area contributed by atoms with Crippen molar-refractivity contribution in [2.45, 2.75) is 44.9 Å². The number of amides is 1. The maximum atomic E-state index is 12.0. The molecule has 1 aliphatic rings. The van der Waals surface area contributed by atoms with Crippen LogP contribution >= 0.6 is 24.8 Å². The molecule has 1 aliphatic carbocycles. The van der Waals surface area contributed by atoms with Crippen LogP contribution in [0.3, 0.4) is 0 Å². The number of nitrogens with one attached hydrogen (secondary N) is 1. The summed E-state index contributed by atoms with van der Waals surface area (Å²) in [5.74, 6) is 1.21. The molecule has 1 amide bonds. The molecule has 7 heteroatoms. The predicted octanol–water partition coefficient (Wildman–Crippen LogP) is 3.64. The first-order chi connectivity index (χ1) is 12.2. The fourth-order valence-electron chi connectivity index (χ4n) is 3.17. The second-order valence-electron chi connectivity index (χ2n) is 6.59. The number of nitrogens with zero attached hydrogens (tertiary/aromatic N) is 1. The van der Waals surface area contributed by atoms with E-state index in [0.717, 1.165) is 36.3 Å². The van der Waals surface area contributed by atoms with Gasteiger partial charge in [0.25, 0.3) is 0 Å². The number of halogens is 2. The summed E-state index contributed by atoms with van der Waals surface area (Å²) in [6.07, 6.45) is 5.53. The molecule has 1 aromatic carbocycles. The van der Waals surface area contributed by atoms with E-state index in [9.17, 15) is 4.79 Å². The van der Waals surface area contributed by atoms with Gasteiger partial charge < -0.3 is 15.8 Å². The van der Waals surface area contributed by atoms with Crippen LogP contribution < -0.4 is 15.8 Å². The topological polar surface area (TPSA) is 77.2 Å². The van der Waals surface area contributed by atoms with Crippen LogP contribution in [0.2, 0.25) is 0 Å². The predicted molar refractivity (Wildman–Crippen MR) is 111 cm³/mol. The number of carbonyl (C=O) groups is 1. The maximum Gasteiger partial charge on any atom is 0.220 e. The number of aromatic nitrogens is 1. The molecule has 5 nitrogen and oxygen atoms in total. The van der Waals surface area contributed by atoms with Crippen molar-refractivity contribution in [1.82, 2.24) is 10.3 Å². The minimum atomic E-state index is 0. The zero-order chi connectivity index (χ0) is 17.5. The van der Waals surface area contributed by atoms with Gasteiger partial charge in [-0.3, -0.25) is 9.78 Å². The largest absolute Gasteiger partial charge is 0.487 e. The first kappa shape index (κ1) is 23.2. The minimum absolute atomic E-state index is 0. The second kappa shape index (κ2) is 11.8. The standard InChI is InChI=1S/C20H25N3O2.2ClH/c21-19-6-3-4-16(19)12-20(24)23-13-15-7-9-18(10-8-15)25-14-17-5-1-2-11-22-17;;/h1-2,5,7-11,16,19H,3-4,6,12-14,21H2,(H,23,24);2*1H/t16-,19+;;/m0../s1. The molecule has 3 N–H and O–H groups in total. The minimum Gasteiger partial charge on any atom is -0.487 e. The number of pyridine rings is 1. The molecule has 3 rings (SSSR count). The van der Waals surface area contributed by atoms with Crippen LogP contribution in [0.25, 0.3) is 0 Å². The third-order valence-electron chi connectivity index (χ3n) is 4.69. The summed E-state index contributed by atoms with van der Waals surface area (Å²) >= 11 is 0. The van der Waals surface area contributed by atoms with Crippen LogP contribution in [-0.4, -0.2) is 16.9 Å². The normalized spacial score (nSPS) is 18.1. The molecule has 1 aromatic heterocycles. The first-order valence-electron chi connectivity index (χ1n) is 8.84. The number of nitrogens with two attached hydrogens (primary N) is 1. The highest BCUT2D eigenvalue weighted by Gasteiger charge is 2.25. The van der Waals surface area contributed by atoms with Gasteiger partial charge >= 0.3 is 0 Å². The summed E-state index contributed by atoms with van der Waals surface area (Å²) in [4.78, 5) is 16.3. The van der Waals surface area contributed by atoms with E-state index in [0.29, 0.717) is 25.5 Å². The lowest BCUT2D eigenvalue weighted by Gasteiger charge is -2.14. The summed E-state index contributed by atoms with van der Waals surface area (Å²) in [5.41, 5.74) is 7.97. The average Bonchev–Trinajstić information content (AvgIpc) is 3.04. The molecular formula is C20H27Cl2N3O2. The average molecular weight is 412 g/mol. The molecule has 0 aliphatic heterocycles. The maximum absolute atomic E-state index is 12.0. The van der Waals surface area contributed by atoms with Crippen molar-refractivity contribution >= 4 is 30.7 Å². The number of carbonyl (C=O) groups excluding carboxylic acids is 1. The van der Waals surface area contributed by atoms with E-state index >= 15 is 0 Å². The van der Waals surface area contributed by atoms with Crippen molar-refractivity contribution in [1.29, 1.82) is 0 Å². The van der Waals surface area contributed by atoms with Crippen molar-refractivity contribution in [2.75, 3.05) is 0 Å². The van der Waals surface area contributed by atoms with Gasteiger partial charge in [0.1, 0.15) is 12.4 Å². The van der Waals surface area contributed by atoms with Gasteiger partial charge in [0.15, 0.2) is 0 Å². The van der Waals surface area contributed by atoms with Gasteiger partial charge in [0, 0.05) is 25.2 Å². The van der Waals surface area contributed by atoms with Crippen molar-refractivity contribution in [3.63, 3.8) is 0 Å². The summed E-state index contributed by atoms with van der Waals surface area (Å²) in [7, 11) is 0. The molecular weight excluding hydrogens is 385 g/mol. The van der Waals surface area contributed by atoms with Crippen LogP contribution in [0.1, 0.15) is 36.9 Å². The number of rotatable bonds is 7. The van der Waals surface area contributed by atoms with Gasteiger partial charge in [0.05, 0.1) is 5.69 Å². The van der Waals surface area contributed by atoms with Gasteiger partial charge in [-0.2, -0.15) is 0 Å². The number of hydrogen-bond donors (Lipinski definition) is 2. The summed E-state index contributed by atoms with van der Waals surface area (Å²) in [5, 5.41) is 2.98. The zero-order valence-electron chi connectivity index (χ0n) is 15.2. The van der Waals surface area contributed by atoms with Crippen molar-refractivity contribution < 1.29 is 9.53 Å². The lowest BCUT2D eigenvalue weighted by Crippen LogP contribution is -2.31. The fourth-order valence-corrected chi connectivity index (χ4v) is 3.17. The summed E-state index contributed by atoms with van der Waals surface area (Å²) < 4.78 is 5.71. The SMILES string of the molecule is Cl.Cl.N[C@@H]1CCC[C@H]1CC(=O)NCc1ccc(OCc2ccccn2)cc1. The van der Waals surface area contributed by atoms with E-state index in [2.05, 4.69) is 10.3 Å². The Morgan fingerprint density at radius 1 is 1.15 bits per heavy atom. The van der Waals surface area contributed by atoms with Gasteiger partial charge in [-0.25, -0.2) is 0 Å². The van der Waals surface area contributed by atoms with Crippen molar-refractivity contribution in [3.8, 4) is 5.75 Å². The molecule has 0 radical (unpaired) electrons. The quantitative estimate of drug-likeness (QED) is 0.728. The molecule has 1 heterocycles. The summed E-state index contributed by atoms with van der Waals surface area (Å²) in [6.45, 7) is 0.972. The van der Waals surface area contributed by atoms with E-state index in [-0.39, 0.29) is 36.8 Å². The molecule has 2 aromatic rings. The second-order valence-corrected chi connectivity index (χ2v) is 6.59. The monoisotopic (exact) mass is 411 g/mol. The third-order valence-corrected chi connectivity index (χ3v) is 4.69. The molecule has 0 spiro atoms. The highest BCUT2D eigenvalue weighted by atomic mass is 35.5. The van der Waals surface area contributed by atoms with Crippen LogP contribution in [-0.2, 0) is 17.9 Å². The summed E-state index contributed by atoms with van der Waals surface area (Å²) in [6, 6.07) is 13.7. The number of benzene rings is 1. The Bertz CT molecular complexity index is 683. The molecule has 1 saturated carbocycles. The molecule has 27 heavy (non-hydrogen) atoms. The van der Waals surface area contributed by atoms with E-state index in [4.69, 9.17) is 10.5 Å². The lowest BCUT2D eigenvalue weighted by atomic mass is 10.00. The van der Waals surface area contributed by atoms with E-state index < -0.39 is 0 Å². The van der Waals surface area contributed by atoms with Crippen LogP contribution in [0.4, 0.5) is 0 Å². The highest BCUT2D eigenvalue weighted by molar-refractivity contribution is 5.85. The zero-order valence-corrected chi connectivity index (χ0v) is 16.8. The highest BCUT2D eigenvalue weighted by Crippen LogP contribution is 2.26. The van der Waals surface area contributed by atoms with E-state index in [1.165, 1.54) is 0 Å². The molecule has 148 valence electrons. The Morgan fingerprint density at radius 2 is 1.93 bits per heavy atom.